The third kappa shape index (κ3) is 7.85. The van der Waals surface area contributed by atoms with Crippen LogP contribution in [0.15, 0.2) is 60.7 Å². The molecule has 0 bridgehead atoms. The lowest BCUT2D eigenvalue weighted by atomic mass is 9.97. The SMILES string of the molecule is COc1cc2c(cc1OC)CN(C[C@@H]1C[C@H](c3ccc(CO)cc3)O[C@H](c3ccc(NC(=O)[C@@H]4CCCN4C(=O)C(F)(F)F)cc3)O1)CC2. The number of hydrogen-bond donors (Lipinski definition) is 2. The molecule has 0 aliphatic carbocycles. The number of carbonyl (C=O) groups is 2. The zero-order valence-electron chi connectivity index (χ0n) is 27.4. The van der Waals surface area contributed by atoms with Crippen LogP contribution >= 0.6 is 0 Å². The highest BCUT2D eigenvalue weighted by atomic mass is 19.4. The standard InChI is InChI=1S/C36H40F3N3O7/c1-46-31-16-25-13-15-41(19-26(25)17-32(31)47-2)20-28-18-30(23-7-5-22(21-43)6-8-23)49-34(48-28)24-9-11-27(12-10-24)40-33(44)29-4-3-14-42(29)35(45)36(37,38)39/h5-12,16-17,28-30,34,43H,3-4,13-15,18-21H2,1-2H3,(H,40,44)/t28-,29-,30+,34+/m0/s1. The molecule has 2 saturated heterocycles. The first-order chi connectivity index (χ1) is 23.6. The van der Waals surface area contributed by atoms with Crippen molar-refractivity contribution in [2.45, 2.75) is 69.6 Å². The summed E-state index contributed by atoms with van der Waals surface area (Å²) in [5.41, 5.74) is 5.22. The van der Waals surface area contributed by atoms with Crippen molar-refractivity contribution in [3.8, 4) is 11.5 Å². The summed E-state index contributed by atoms with van der Waals surface area (Å²) < 4.78 is 63.2. The van der Waals surface area contributed by atoms with Gasteiger partial charge in [-0.1, -0.05) is 36.4 Å². The largest absolute Gasteiger partial charge is 0.493 e. The quantitative estimate of drug-likeness (QED) is 0.313. The second-order valence-electron chi connectivity index (χ2n) is 12.6. The Balaban J connectivity index is 1.16. The summed E-state index contributed by atoms with van der Waals surface area (Å²) in [5, 5.41) is 12.2. The zero-order valence-corrected chi connectivity index (χ0v) is 27.4. The van der Waals surface area contributed by atoms with Crippen molar-refractivity contribution in [1.82, 2.24) is 9.80 Å². The van der Waals surface area contributed by atoms with E-state index in [4.69, 9.17) is 18.9 Å². The molecule has 2 fully saturated rings. The van der Waals surface area contributed by atoms with Crippen molar-refractivity contribution in [3.05, 3.63) is 88.5 Å². The van der Waals surface area contributed by atoms with Crippen molar-refractivity contribution in [3.63, 3.8) is 0 Å². The van der Waals surface area contributed by atoms with E-state index in [1.54, 1.807) is 38.5 Å². The van der Waals surface area contributed by atoms with Gasteiger partial charge in [-0.3, -0.25) is 14.5 Å². The molecule has 2 amide bonds. The highest BCUT2D eigenvalue weighted by Gasteiger charge is 2.47. The summed E-state index contributed by atoms with van der Waals surface area (Å²) in [4.78, 5) is 27.7. The molecule has 0 unspecified atom stereocenters. The van der Waals surface area contributed by atoms with E-state index in [0.717, 1.165) is 30.6 Å². The van der Waals surface area contributed by atoms with Gasteiger partial charge in [-0.05, 0) is 65.8 Å². The fraction of sp³-hybridized carbons (Fsp3) is 0.444. The minimum atomic E-state index is -5.04. The lowest BCUT2D eigenvalue weighted by molar-refractivity contribution is -0.253. The fourth-order valence-corrected chi connectivity index (χ4v) is 6.81. The number of amides is 2. The number of methoxy groups -OCH3 is 2. The number of rotatable bonds is 9. The van der Waals surface area contributed by atoms with E-state index in [0.29, 0.717) is 47.0 Å². The van der Waals surface area contributed by atoms with E-state index in [9.17, 15) is 27.9 Å². The molecule has 10 nitrogen and oxygen atoms in total. The van der Waals surface area contributed by atoms with E-state index in [2.05, 4.69) is 10.2 Å². The molecule has 3 aromatic rings. The Hall–Kier alpha value is -4.17. The second-order valence-corrected chi connectivity index (χ2v) is 12.6. The van der Waals surface area contributed by atoms with E-state index in [1.807, 2.05) is 36.4 Å². The summed E-state index contributed by atoms with van der Waals surface area (Å²) in [5.74, 6) is -1.27. The van der Waals surface area contributed by atoms with Crippen LogP contribution in [-0.4, -0.2) is 78.9 Å². The number of nitrogens with zero attached hydrogens (tertiary/aromatic N) is 2. The fourth-order valence-electron chi connectivity index (χ4n) is 6.81. The van der Waals surface area contributed by atoms with E-state index < -0.39 is 30.3 Å². The Morgan fingerprint density at radius 2 is 1.61 bits per heavy atom. The highest BCUT2D eigenvalue weighted by Crippen LogP contribution is 2.39. The van der Waals surface area contributed by atoms with E-state index >= 15 is 0 Å². The molecule has 262 valence electrons. The van der Waals surface area contributed by atoms with Gasteiger partial charge in [-0.2, -0.15) is 13.2 Å². The van der Waals surface area contributed by atoms with Crippen molar-refractivity contribution >= 4 is 17.5 Å². The Morgan fingerprint density at radius 1 is 0.939 bits per heavy atom. The third-order valence-corrected chi connectivity index (χ3v) is 9.38. The lowest BCUT2D eigenvalue weighted by Crippen LogP contribution is -2.48. The molecule has 13 heteroatoms. The van der Waals surface area contributed by atoms with Crippen LogP contribution in [0.1, 0.15) is 59.5 Å². The van der Waals surface area contributed by atoms with Crippen LogP contribution < -0.4 is 14.8 Å². The average Bonchev–Trinajstić information content (AvgIpc) is 3.60. The Kier molecular flexibility index (Phi) is 10.4. The summed E-state index contributed by atoms with van der Waals surface area (Å²) in [6.07, 6.45) is -4.34. The van der Waals surface area contributed by atoms with Gasteiger partial charge in [-0.15, -0.1) is 0 Å². The maximum absolute atomic E-state index is 13.1. The van der Waals surface area contributed by atoms with Gasteiger partial charge in [0.15, 0.2) is 17.8 Å². The number of nitrogens with one attached hydrogen (secondary N) is 1. The molecule has 4 atom stereocenters. The topological polar surface area (TPSA) is 110 Å². The third-order valence-electron chi connectivity index (χ3n) is 9.38. The second kappa shape index (κ2) is 14.8. The summed E-state index contributed by atoms with van der Waals surface area (Å²) in [6.45, 7) is 2.03. The van der Waals surface area contributed by atoms with Crippen LogP contribution in [0.25, 0.3) is 0 Å². The molecule has 3 aliphatic heterocycles. The van der Waals surface area contributed by atoms with Crippen LogP contribution in [-0.2, 0) is 38.6 Å². The first-order valence-electron chi connectivity index (χ1n) is 16.3. The van der Waals surface area contributed by atoms with Gasteiger partial charge in [0.2, 0.25) is 5.91 Å². The molecule has 2 N–H and O–H groups in total. The van der Waals surface area contributed by atoms with Gasteiger partial charge in [-0.25, -0.2) is 0 Å². The molecule has 49 heavy (non-hydrogen) atoms. The van der Waals surface area contributed by atoms with Crippen molar-refractivity contribution < 1.29 is 46.8 Å². The first kappa shape index (κ1) is 34.7. The number of likely N-dealkylation sites (tertiary alicyclic amines) is 1. The molecular formula is C36H40F3N3O7. The normalized spacial score (nSPS) is 22.8. The number of fused-ring (bicyclic) bond motifs is 1. The summed E-state index contributed by atoms with van der Waals surface area (Å²) >= 11 is 0. The van der Waals surface area contributed by atoms with E-state index in [-0.39, 0.29) is 31.8 Å². The molecule has 3 aromatic carbocycles. The lowest BCUT2D eigenvalue weighted by Gasteiger charge is -2.39. The molecule has 3 heterocycles. The van der Waals surface area contributed by atoms with E-state index in [1.165, 1.54) is 11.1 Å². The minimum absolute atomic E-state index is 0.0619. The zero-order chi connectivity index (χ0) is 34.7. The van der Waals surface area contributed by atoms with Crippen LogP contribution in [0.3, 0.4) is 0 Å². The molecule has 0 aromatic heterocycles. The smallest absolute Gasteiger partial charge is 0.471 e. The molecule has 0 saturated carbocycles. The summed E-state index contributed by atoms with van der Waals surface area (Å²) in [7, 11) is 3.25. The number of ether oxygens (including phenoxy) is 4. The number of alkyl halides is 3. The molecule has 0 spiro atoms. The van der Waals surface area contributed by atoms with Gasteiger partial charge in [0.25, 0.3) is 0 Å². The van der Waals surface area contributed by atoms with Crippen LogP contribution in [0, 0.1) is 0 Å². The molecular weight excluding hydrogens is 643 g/mol. The van der Waals surface area contributed by atoms with Gasteiger partial charge in [0.05, 0.1) is 33.0 Å². The van der Waals surface area contributed by atoms with Crippen LogP contribution in [0.5, 0.6) is 11.5 Å². The first-order valence-corrected chi connectivity index (χ1v) is 16.3. The number of aliphatic hydroxyl groups excluding tert-OH is 1. The highest BCUT2D eigenvalue weighted by molar-refractivity contribution is 5.98. The number of aliphatic hydroxyl groups is 1. The van der Waals surface area contributed by atoms with Crippen LogP contribution in [0.4, 0.5) is 18.9 Å². The van der Waals surface area contributed by atoms with Crippen LogP contribution in [0.2, 0.25) is 0 Å². The number of hydrogen-bond acceptors (Lipinski definition) is 8. The number of halogens is 3. The summed E-state index contributed by atoms with van der Waals surface area (Å²) in [6, 6.07) is 17.3. The van der Waals surface area contributed by atoms with Gasteiger partial charge in [0, 0.05) is 43.9 Å². The predicted molar refractivity (Wildman–Crippen MR) is 173 cm³/mol. The number of carbonyl (C=O) groups excluding carboxylic acids is 2. The Labute approximate surface area is 282 Å². The van der Waals surface area contributed by atoms with Gasteiger partial charge in [0.1, 0.15) is 6.04 Å². The molecule has 0 radical (unpaired) electrons. The van der Waals surface area contributed by atoms with Gasteiger partial charge >= 0.3 is 12.1 Å². The van der Waals surface area contributed by atoms with Crippen molar-refractivity contribution in [1.29, 1.82) is 0 Å². The predicted octanol–water partition coefficient (Wildman–Crippen LogP) is 5.29. The maximum Gasteiger partial charge on any atom is 0.471 e. The maximum atomic E-state index is 13.1. The number of benzene rings is 3. The minimum Gasteiger partial charge on any atom is -0.493 e. The molecule has 6 rings (SSSR count). The van der Waals surface area contributed by atoms with Gasteiger partial charge < -0.3 is 34.3 Å². The average molecular weight is 684 g/mol. The number of anilines is 1. The monoisotopic (exact) mass is 683 g/mol. The Bertz CT molecular complexity index is 1630. The van der Waals surface area contributed by atoms with Crippen molar-refractivity contribution in [2.75, 3.05) is 39.2 Å². The van der Waals surface area contributed by atoms with Crippen molar-refractivity contribution in [2.24, 2.45) is 0 Å². The Morgan fingerprint density at radius 3 is 2.27 bits per heavy atom. The molecule has 3 aliphatic rings.